The van der Waals surface area contributed by atoms with E-state index in [4.69, 9.17) is 11.6 Å². The fourth-order valence-corrected chi connectivity index (χ4v) is 0.681. The topological polar surface area (TPSA) is 47.8 Å². The maximum atomic E-state index is 9.61. The normalized spacial score (nSPS) is 10.5. The molecule has 0 saturated heterocycles. The first-order valence-corrected chi connectivity index (χ1v) is 2.99. The van der Waals surface area contributed by atoms with Crippen molar-refractivity contribution in [1.29, 1.82) is 0 Å². The maximum absolute atomic E-state index is 9.61. The maximum Gasteiger partial charge on any atom is 0.0850 e. The van der Waals surface area contributed by atoms with Crippen molar-refractivity contribution in [2.45, 2.75) is 0 Å². The van der Waals surface area contributed by atoms with Crippen LogP contribution in [0.5, 0.6) is 0 Å². The van der Waals surface area contributed by atoms with Gasteiger partial charge in [0.2, 0.25) is 0 Å². The molecule has 0 saturated carbocycles. The van der Waals surface area contributed by atoms with Gasteiger partial charge in [-0.25, -0.2) is 5.28 Å². The Hall–Kier alpha value is -1.09. The fourth-order valence-electron chi connectivity index (χ4n) is 0.555. The Kier molecular flexibility index (Phi) is 2.23. The summed E-state index contributed by atoms with van der Waals surface area (Å²) in [7, 11) is 0. The van der Waals surface area contributed by atoms with Crippen LogP contribution in [0.3, 0.4) is 0 Å². The van der Waals surface area contributed by atoms with Gasteiger partial charge in [0.1, 0.15) is 0 Å². The highest BCUT2D eigenvalue weighted by molar-refractivity contribution is 6.30. The molecule has 3 nitrogen and oxygen atoms in total. The number of nitrogens with zero attached hydrogens (tertiary/aromatic N) is 2. The van der Waals surface area contributed by atoms with Crippen LogP contribution in [0.4, 0.5) is 5.69 Å². The second-order valence-corrected chi connectivity index (χ2v) is 2.09. The second kappa shape index (κ2) is 3.17. The first kappa shape index (κ1) is 7.02. The van der Waals surface area contributed by atoms with Crippen molar-refractivity contribution in [2.75, 3.05) is 0 Å². The molecular weight excluding hydrogens is 152 g/mol. The molecule has 0 fully saturated rings. The van der Waals surface area contributed by atoms with E-state index in [1.54, 1.807) is 24.3 Å². The van der Waals surface area contributed by atoms with E-state index >= 15 is 0 Å². The average molecular weight is 156 g/mol. The highest BCUT2D eigenvalue weighted by Gasteiger charge is 1.86. The van der Waals surface area contributed by atoms with Crippen molar-refractivity contribution < 1.29 is 0 Å². The molecule has 0 radical (unpaired) electrons. The summed E-state index contributed by atoms with van der Waals surface area (Å²) in [5.74, 6) is 0. The van der Waals surface area contributed by atoms with Crippen LogP contribution >= 0.6 is 11.6 Å². The molecule has 0 bridgehead atoms. The van der Waals surface area contributed by atoms with Crippen LogP contribution in [0.25, 0.3) is 0 Å². The molecule has 0 N–H and O–H groups in total. The zero-order valence-electron chi connectivity index (χ0n) is 4.99. The van der Waals surface area contributed by atoms with Gasteiger partial charge in [-0.3, -0.25) is 0 Å². The molecule has 0 heterocycles. The van der Waals surface area contributed by atoms with Crippen molar-refractivity contribution in [2.24, 2.45) is 10.4 Å². The van der Waals surface area contributed by atoms with Gasteiger partial charge in [-0.1, -0.05) is 11.6 Å². The minimum Gasteiger partial charge on any atom is -0.775 e. The molecule has 0 aliphatic heterocycles. The van der Waals surface area contributed by atoms with Crippen LogP contribution in [0.2, 0.25) is 5.02 Å². The monoisotopic (exact) mass is 155 g/mol. The van der Waals surface area contributed by atoms with Gasteiger partial charge in [0.15, 0.2) is 0 Å². The van der Waals surface area contributed by atoms with E-state index in [0.29, 0.717) is 10.7 Å². The van der Waals surface area contributed by atoms with E-state index in [1.165, 1.54) is 0 Å². The zero-order valence-corrected chi connectivity index (χ0v) is 5.75. The molecule has 52 valence electrons. The number of halogens is 1. The Morgan fingerprint density at radius 1 is 1.20 bits per heavy atom. The van der Waals surface area contributed by atoms with Crippen LogP contribution < -0.4 is 0 Å². The third-order valence-corrected chi connectivity index (χ3v) is 1.23. The minimum absolute atomic E-state index is 0.513. The van der Waals surface area contributed by atoms with Crippen LogP contribution in [0, 0.1) is 5.21 Å². The molecule has 0 aliphatic carbocycles. The van der Waals surface area contributed by atoms with Gasteiger partial charge in [0.25, 0.3) is 0 Å². The summed E-state index contributed by atoms with van der Waals surface area (Å²) in [4.78, 5) is 0. The highest BCUT2D eigenvalue weighted by atomic mass is 35.5. The number of benzene rings is 1. The SMILES string of the molecule is [O-]N=Nc1ccc(Cl)cc1. The molecule has 0 aliphatic rings. The van der Waals surface area contributed by atoms with E-state index in [9.17, 15) is 5.21 Å². The van der Waals surface area contributed by atoms with E-state index in [2.05, 4.69) is 10.4 Å². The third-order valence-electron chi connectivity index (χ3n) is 0.983. The first-order chi connectivity index (χ1) is 4.83. The average Bonchev–Trinajstić information content (AvgIpc) is 1.95. The van der Waals surface area contributed by atoms with Gasteiger partial charge in [-0.15, -0.1) is 0 Å². The fraction of sp³-hybridized carbons (Fsp3) is 0. The molecule has 0 atom stereocenters. The van der Waals surface area contributed by atoms with Crippen molar-refractivity contribution >= 4 is 17.3 Å². The number of hydrogen-bond acceptors (Lipinski definition) is 3. The Labute approximate surface area is 62.9 Å². The van der Waals surface area contributed by atoms with Gasteiger partial charge in [0.05, 0.1) is 5.69 Å². The van der Waals surface area contributed by atoms with Gasteiger partial charge >= 0.3 is 0 Å². The quantitative estimate of drug-likeness (QED) is 0.454. The Balaban J connectivity index is 2.89. The lowest BCUT2D eigenvalue weighted by Crippen LogP contribution is -1.62. The largest absolute Gasteiger partial charge is 0.775 e. The van der Waals surface area contributed by atoms with Gasteiger partial charge in [-0.05, 0) is 24.3 Å². The predicted molar refractivity (Wildman–Crippen MR) is 39.3 cm³/mol. The van der Waals surface area contributed by atoms with E-state index in [-0.39, 0.29) is 0 Å². The molecule has 0 unspecified atom stereocenters. The van der Waals surface area contributed by atoms with E-state index in [1.807, 2.05) is 0 Å². The molecule has 1 aromatic carbocycles. The lowest BCUT2D eigenvalue weighted by Gasteiger charge is -1.92. The molecule has 0 spiro atoms. The summed E-state index contributed by atoms with van der Waals surface area (Å²) in [6.07, 6.45) is 0. The molecule has 10 heavy (non-hydrogen) atoms. The van der Waals surface area contributed by atoms with Gasteiger partial charge < -0.3 is 5.21 Å². The van der Waals surface area contributed by atoms with E-state index in [0.717, 1.165) is 0 Å². The smallest absolute Gasteiger partial charge is 0.0850 e. The van der Waals surface area contributed by atoms with Crippen molar-refractivity contribution in [3.8, 4) is 0 Å². The van der Waals surface area contributed by atoms with Crippen molar-refractivity contribution in [3.63, 3.8) is 0 Å². The highest BCUT2D eigenvalue weighted by Crippen LogP contribution is 2.15. The Morgan fingerprint density at radius 3 is 2.30 bits per heavy atom. The molecule has 0 amide bonds. The van der Waals surface area contributed by atoms with Crippen molar-refractivity contribution in [1.82, 2.24) is 0 Å². The predicted octanol–water partition coefficient (Wildman–Crippen LogP) is 2.92. The molecule has 1 rings (SSSR count). The first-order valence-electron chi connectivity index (χ1n) is 2.62. The molecular formula is C6H4ClN2O-. The summed E-state index contributed by atoms with van der Waals surface area (Å²) in [5, 5.41) is 15.9. The summed E-state index contributed by atoms with van der Waals surface area (Å²) in [6.45, 7) is 0. The number of hydrogen-bond donors (Lipinski definition) is 0. The Morgan fingerprint density at radius 2 is 1.80 bits per heavy atom. The minimum atomic E-state index is 0.513. The standard InChI is InChI=1S/C6H5ClN2O/c7-5-1-3-6(4-2-5)8-9-10/h1-4H,(H,8,10)/p-1. The summed E-state index contributed by atoms with van der Waals surface area (Å²) >= 11 is 5.56. The molecule has 1 aromatic rings. The summed E-state index contributed by atoms with van der Waals surface area (Å²) in [5.41, 5.74) is 0.513. The van der Waals surface area contributed by atoms with Gasteiger partial charge in [0, 0.05) is 5.02 Å². The van der Waals surface area contributed by atoms with E-state index < -0.39 is 0 Å². The summed E-state index contributed by atoms with van der Waals surface area (Å²) in [6, 6.07) is 6.52. The zero-order chi connectivity index (χ0) is 7.40. The van der Waals surface area contributed by atoms with Crippen LogP contribution in [-0.2, 0) is 0 Å². The third kappa shape index (κ3) is 1.70. The molecule has 0 aromatic heterocycles. The number of rotatable bonds is 1. The second-order valence-electron chi connectivity index (χ2n) is 1.66. The van der Waals surface area contributed by atoms with Crippen LogP contribution in [-0.4, -0.2) is 0 Å². The van der Waals surface area contributed by atoms with Crippen molar-refractivity contribution in [3.05, 3.63) is 34.5 Å². The lowest BCUT2D eigenvalue weighted by molar-refractivity contribution is 1.24. The van der Waals surface area contributed by atoms with Gasteiger partial charge in [-0.2, -0.15) is 5.11 Å². The lowest BCUT2D eigenvalue weighted by atomic mass is 10.3. The molecule has 4 heteroatoms. The summed E-state index contributed by atoms with van der Waals surface area (Å²) < 4.78 is 0. The van der Waals surface area contributed by atoms with Crippen LogP contribution in [0.1, 0.15) is 0 Å². The Bertz CT molecular complexity index is 232. The van der Waals surface area contributed by atoms with Crippen LogP contribution in [0.15, 0.2) is 34.7 Å².